The first kappa shape index (κ1) is 39.9. The van der Waals surface area contributed by atoms with Crippen molar-refractivity contribution in [3.05, 3.63) is 0 Å². The van der Waals surface area contributed by atoms with E-state index in [1.165, 1.54) is 186 Å². The van der Waals surface area contributed by atoms with Gasteiger partial charge >= 0.3 is 233 Å². The predicted octanol–water partition coefficient (Wildman–Crippen LogP) is 15.2. The van der Waals surface area contributed by atoms with Crippen molar-refractivity contribution in [2.24, 2.45) is 0 Å². The molecule has 0 atom stereocenters. The zero-order valence-corrected chi connectivity index (χ0v) is 30.6. The second-order valence-corrected chi connectivity index (χ2v) is 25.0. The van der Waals surface area contributed by atoms with Crippen LogP contribution in [0.25, 0.3) is 0 Å². The van der Waals surface area contributed by atoms with E-state index in [2.05, 4.69) is 27.7 Å². The van der Waals surface area contributed by atoms with Crippen molar-refractivity contribution in [3.63, 3.8) is 0 Å². The molecule has 0 amide bonds. The van der Waals surface area contributed by atoms with Gasteiger partial charge in [0.15, 0.2) is 0 Å². The summed E-state index contributed by atoms with van der Waals surface area (Å²) in [5.41, 5.74) is 0. The fraction of sp³-hybridized carbons (Fsp3) is 1.00. The van der Waals surface area contributed by atoms with E-state index in [4.69, 9.17) is 15.5 Å². The van der Waals surface area contributed by atoms with Gasteiger partial charge in [0.1, 0.15) is 0 Å². The Balaban J connectivity index is 4.60. The van der Waals surface area contributed by atoms with Gasteiger partial charge in [-0.05, 0) is 0 Å². The molecule has 0 aliphatic heterocycles. The van der Waals surface area contributed by atoms with Crippen LogP contribution in [0.2, 0.25) is 0 Å². The van der Waals surface area contributed by atoms with Crippen LogP contribution in [0, 0.1) is 0 Å². The average Bonchev–Trinajstić information content (AvgIpc) is 2.93. The molecule has 0 aliphatic carbocycles. The third-order valence-corrected chi connectivity index (χ3v) is 19.5. The van der Waals surface area contributed by atoms with Gasteiger partial charge in [-0.15, -0.1) is 0 Å². The summed E-state index contributed by atoms with van der Waals surface area (Å²) in [6.45, 7) is 9.38. The third kappa shape index (κ3) is 25.1. The first-order valence-corrected chi connectivity index (χ1v) is 23.8. The van der Waals surface area contributed by atoms with Gasteiger partial charge in [0.05, 0.1) is 0 Å². The molecule has 2 heteroatoms. The Morgan fingerprint density at radius 1 is 0.256 bits per heavy atom. The zero-order valence-electron chi connectivity index (χ0n) is 28.2. The summed E-state index contributed by atoms with van der Waals surface area (Å²) < 4.78 is 0. The van der Waals surface area contributed by atoms with Gasteiger partial charge in [0.2, 0.25) is 0 Å². The molecular weight excluding hydrogens is 555 g/mol. The summed E-state index contributed by atoms with van der Waals surface area (Å²) in [7, 11) is 0. The maximum absolute atomic E-state index is 4.77. The Kier molecular flexibility index (Phi) is 29.7. The number of rotatable bonds is 33. The average molecular weight is 634 g/mol. The molecular formula is C37H78BrP. The van der Waals surface area contributed by atoms with E-state index < -0.39 is 5.31 Å². The summed E-state index contributed by atoms with van der Waals surface area (Å²) in [5, 5.41) is -1.76. The van der Waals surface area contributed by atoms with Gasteiger partial charge < -0.3 is 0 Å². The predicted molar refractivity (Wildman–Crippen MR) is 192 cm³/mol. The number of unbranched alkanes of at least 4 members (excludes halogenated alkanes) is 25. The zero-order chi connectivity index (χ0) is 28.8. The summed E-state index contributed by atoms with van der Waals surface area (Å²) in [6.07, 6.45) is 48.5. The molecule has 0 saturated carbocycles. The normalized spacial score (nSPS) is 13.1. The van der Waals surface area contributed by atoms with Gasteiger partial charge in [-0.25, -0.2) is 0 Å². The second-order valence-electron chi connectivity index (χ2n) is 13.6. The van der Waals surface area contributed by atoms with Crippen LogP contribution < -0.4 is 0 Å². The molecule has 0 aromatic heterocycles. The van der Waals surface area contributed by atoms with E-state index in [9.17, 15) is 0 Å². The molecule has 0 aromatic rings. The van der Waals surface area contributed by atoms with Gasteiger partial charge in [-0.1, -0.05) is 26.2 Å². The summed E-state index contributed by atoms with van der Waals surface area (Å²) in [4.78, 5) is 0. The van der Waals surface area contributed by atoms with Gasteiger partial charge in [0.25, 0.3) is 0 Å². The summed E-state index contributed by atoms with van der Waals surface area (Å²) >= 11 is 4.77. The quantitative estimate of drug-likeness (QED) is 0.0498. The van der Waals surface area contributed by atoms with E-state index >= 15 is 0 Å². The summed E-state index contributed by atoms with van der Waals surface area (Å²) in [6, 6.07) is 0. The van der Waals surface area contributed by atoms with Crippen LogP contribution in [-0.4, -0.2) is 24.6 Å². The Morgan fingerprint density at radius 3 is 0.590 bits per heavy atom. The molecule has 0 fully saturated rings. The number of hydrogen-bond donors (Lipinski definition) is 0. The molecule has 0 unspecified atom stereocenters. The molecule has 0 heterocycles. The Labute approximate surface area is 258 Å². The van der Waals surface area contributed by atoms with E-state index in [0.29, 0.717) is 0 Å². The van der Waals surface area contributed by atoms with Gasteiger partial charge in [-0.3, -0.25) is 0 Å². The first-order valence-electron chi connectivity index (χ1n) is 18.8. The van der Waals surface area contributed by atoms with E-state index in [1.54, 1.807) is 24.6 Å². The molecule has 0 N–H and O–H groups in total. The van der Waals surface area contributed by atoms with Gasteiger partial charge in [0, 0.05) is 0 Å². The van der Waals surface area contributed by atoms with Crippen LogP contribution >= 0.6 is 20.8 Å². The molecule has 0 spiro atoms. The number of hydrogen-bond acceptors (Lipinski definition) is 0. The third-order valence-electron chi connectivity index (χ3n) is 9.53. The van der Waals surface area contributed by atoms with Crippen molar-refractivity contribution in [2.75, 3.05) is 24.6 Å². The Hall–Kier alpha value is 0.910. The van der Waals surface area contributed by atoms with E-state index in [1.807, 2.05) is 0 Å². The Morgan fingerprint density at radius 2 is 0.410 bits per heavy atom. The molecule has 238 valence electrons. The van der Waals surface area contributed by atoms with E-state index in [-0.39, 0.29) is 0 Å². The first-order chi connectivity index (χ1) is 19.0. The molecule has 0 aliphatic rings. The topological polar surface area (TPSA) is 0 Å². The van der Waals surface area contributed by atoms with Crippen LogP contribution in [-0.2, 0) is 0 Å². The second kappa shape index (κ2) is 29.0. The fourth-order valence-electron chi connectivity index (χ4n) is 6.70. The van der Waals surface area contributed by atoms with Gasteiger partial charge in [-0.2, -0.15) is 0 Å². The van der Waals surface area contributed by atoms with Crippen LogP contribution in [0.15, 0.2) is 0 Å². The monoisotopic (exact) mass is 633 g/mol. The van der Waals surface area contributed by atoms with Crippen molar-refractivity contribution in [1.29, 1.82) is 0 Å². The molecule has 0 nitrogen and oxygen atoms in total. The molecule has 39 heavy (non-hydrogen) atoms. The van der Waals surface area contributed by atoms with Crippen molar-refractivity contribution in [3.8, 4) is 0 Å². The van der Waals surface area contributed by atoms with Crippen molar-refractivity contribution >= 4 is 20.8 Å². The summed E-state index contributed by atoms with van der Waals surface area (Å²) in [5.74, 6) is 0. The maximum atomic E-state index is 4.77. The van der Waals surface area contributed by atoms with Crippen LogP contribution in [0.1, 0.15) is 214 Å². The standard InChI is InChI=1S/C37H78BrP/c1-5-9-13-17-18-19-20-21-22-23-24-25-29-33-37-39(38,34-30-26-14-10-6-2,35-31-27-15-11-7-3)36-32-28-16-12-8-4/h5-37H2,1-4H3. The Bertz CT molecular complexity index is 437. The minimum absolute atomic E-state index is 1.37. The molecule has 0 radical (unpaired) electrons. The van der Waals surface area contributed by atoms with Crippen molar-refractivity contribution in [2.45, 2.75) is 214 Å². The molecule has 0 saturated heterocycles. The van der Waals surface area contributed by atoms with Crippen LogP contribution in [0.4, 0.5) is 0 Å². The van der Waals surface area contributed by atoms with Crippen LogP contribution in [0.5, 0.6) is 0 Å². The minimum atomic E-state index is -1.76. The van der Waals surface area contributed by atoms with Crippen molar-refractivity contribution in [1.82, 2.24) is 0 Å². The SMILES string of the molecule is CCCCCCCCCCCCCCCCP(Br)(CCCCCCC)(CCCCCCC)CCCCCCC. The fourth-order valence-corrected chi connectivity index (χ4v) is 15.1. The number of halogens is 1. The van der Waals surface area contributed by atoms with E-state index in [0.717, 1.165) is 0 Å². The molecule has 0 bridgehead atoms. The molecule has 0 rings (SSSR count). The van der Waals surface area contributed by atoms with Crippen LogP contribution in [0.3, 0.4) is 0 Å². The molecule has 0 aromatic carbocycles. The van der Waals surface area contributed by atoms with Crippen molar-refractivity contribution < 1.29 is 0 Å².